The molecule has 0 saturated carbocycles. The Bertz CT molecular complexity index is 969. The van der Waals surface area contributed by atoms with Gasteiger partial charge in [-0.15, -0.1) is 5.10 Å². The number of hydrogen-bond donors (Lipinski definition) is 0. The third kappa shape index (κ3) is 4.23. The molecule has 0 N–H and O–H groups in total. The van der Waals surface area contributed by atoms with E-state index >= 15 is 0 Å². The Kier molecular flexibility index (Phi) is 6.41. The van der Waals surface area contributed by atoms with Crippen molar-refractivity contribution in [3.63, 3.8) is 0 Å². The number of carbonyl (C=O) groups excluding carboxylic acids is 1. The number of methoxy groups -OCH3 is 1. The summed E-state index contributed by atoms with van der Waals surface area (Å²) >= 11 is 6.55. The smallest absolute Gasteiger partial charge is 0.289 e. The van der Waals surface area contributed by atoms with Crippen molar-refractivity contribution in [2.45, 2.75) is 12.6 Å². The van der Waals surface area contributed by atoms with E-state index in [0.717, 1.165) is 5.56 Å². The maximum Gasteiger partial charge on any atom is 0.289 e. The molecule has 10 heteroatoms. The second-order valence-corrected chi connectivity index (χ2v) is 7.39. The fourth-order valence-corrected chi connectivity index (χ4v) is 3.92. The van der Waals surface area contributed by atoms with Gasteiger partial charge in [-0.2, -0.15) is 0 Å². The maximum atomic E-state index is 12.6. The van der Waals surface area contributed by atoms with E-state index in [1.807, 2.05) is 24.3 Å². The van der Waals surface area contributed by atoms with Gasteiger partial charge in [0.25, 0.3) is 5.91 Å². The number of furan rings is 1. The quantitative estimate of drug-likeness (QED) is 0.567. The van der Waals surface area contributed by atoms with E-state index in [1.54, 1.807) is 28.8 Å². The SMILES string of the molecule is COCCn1nnnc1[C@H](c1ccccc1Cl)N1CCN(C(=O)c2ccco2)CC1. The molecule has 1 amide bonds. The molecule has 2 aromatic heterocycles. The second kappa shape index (κ2) is 9.38. The maximum absolute atomic E-state index is 12.6. The number of ether oxygens (including phenoxy) is 1. The number of benzene rings is 1. The van der Waals surface area contributed by atoms with Crippen LogP contribution in [-0.2, 0) is 11.3 Å². The largest absolute Gasteiger partial charge is 0.459 e. The summed E-state index contributed by atoms with van der Waals surface area (Å²) in [5.74, 6) is 0.958. The molecule has 0 radical (unpaired) electrons. The van der Waals surface area contributed by atoms with Gasteiger partial charge in [0.15, 0.2) is 11.6 Å². The minimum atomic E-state index is -0.230. The van der Waals surface area contributed by atoms with Gasteiger partial charge >= 0.3 is 0 Å². The van der Waals surface area contributed by atoms with Gasteiger partial charge in [0.2, 0.25) is 0 Å². The molecule has 0 aliphatic carbocycles. The number of hydrogen-bond acceptors (Lipinski definition) is 7. The summed E-state index contributed by atoms with van der Waals surface area (Å²) in [6.45, 7) is 3.48. The van der Waals surface area contributed by atoms with Crippen LogP contribution in [0.4, 0.5) is 0 Å². The molecule has 3 heterocycles. The fourth-order valence-electron chi connectivity index (χ4n) is 3.68. The van der Waals surface area contributed by atoms with Crippen LogP contribution in [0.5, 0.6) is 0 Å². The molecule has 9 nitrogen and oxygen atoms in total. The van der Waals surface area contributed by atoms with Crippen LogP contribution in [0, 0.1) is 0 Å². The lowest BCUT2D eigenvalue weighted by Gasteiger charge is -2.38. The molecule has 3 aromatic rings. The first-order valence-electron chi connectivity index (χ1n) is 9.75. The van der Waals surface area contributed by atoms with Crippen LogP contribution in [0.25, 0.3) is 0 Å². The fraction of sp³-hybridized carbons (Fsp3) is 0.400. The normalized spacial score (nSPS) is 16.0. The van der Waals surface area contributed by atoms with Crippen molar-refractivity contribution in [3.8, 4) is 0 Å². The Morgan fingerprint density at radius 2 is 2.00 bits per heavy atom. The monoisotopic (exact) mass is 430 g/mol. The van der Waals surface area contributed by atoms with Gasteiger partial charge in [0, 0.05) is 38.3 Å². The molecule has 0 unspecified atom stereocenters. The topological polar surface area (TPSA) is 89.5 Å². The predicted octanol–water partition coefficient (Wildman–Crippen LogP) is 2.11. The van der Waals surface area contributed by atoms with Crippen molar-refractivity contribution in [2.75, 3.05) is 39.9 Å². The number of piperazine rings is 1. The molecule has 1 atom stereocenters. The molecule has 1 saturated heterocycles. The van der Waals surface area contributed by atoms with Crippen molar-refractivity contribution in [3.05, 3.63) is 64.8 Å². The van der Waals surface area contributed by atoms with E-state index in [2.05, 4.69) is 20.4 Å². The first kappa shape index (κ1) is 20.5. The van der Waals surface area contributed by atoms with Crippen LogP contribution in [0.3, 0.4) is 0 Å². The number of nitrogens with zero attached hydrogens (tertiary/aromatic N) is 6. The summed E-state index contributed by atoms with van der Waals surface area (Å²) in [6, 6.07) is 10.9. The van der Waals surface area contributed by atoms with Gasteiger partial charge in [-0.25, -0.2) is 4.68 Å². The average Bonchev–Trinajstić information content (AvgIpc) is 3.46. The van der Waals surface area contributed by atoms with Gasteiger partial charge in [-0.1, -0.05) is 29.8 Å². The van der Waals surface area contributed by atoms with Crippen LogP contribution >= 0.6 is 11.6 Å². The van der Waals surface area contributed by atoms with E-state index in [0.29, 0.717) is 55.9 Å². The lowest BCUT2D eigenvalue weighted by molar-refractivity contribution is 0.0558. The zero-order chi connectivity index (χ0) is 20.9. The number of carbonyl (C=O) groups is 1. The van der Waals surface area contributed by atoms with Crippen molar-refractivity contribution in [1.29, 1.82) is 0 Å². The van der Waals surface area contributed by atoms with Gasteiger partial charge in [-0.05, 0) is 34.2 Å². The Hall–Kier alpha value is -2.75. The minimum Gasteiger partial charge on any atom is -0.459 e. The highest BCUT2D eigenvalue weighted by Gasteiger charge is 2.33. The van der Waals surface area contributed by atoms with E-state index in [4.69, 9.17) is 20.8 Å². The Morgan fingerprint density at radius 1 is 1.20 bits per heavy atom. The summed E-state index contributed by atoms with van der Waals surface area (Å²) in [7, 11) is 1.64. The number of rotatable bonds is 7. The van der Waals surface area contributed by atoms with Crippen molar-refractivity contribution >= 4 is 17.5 Å². The van der Waals surface area contributed by atoms with Crippen molar-refractivity contribution in [2.24, 2.45) is 0 Å². The summed E-state index contributed by atoms with van der Waals surface area (Å²) < 4.78 is 12.2. The number of tetrazole rings is 1. The lowest BCUT2D eigenvalue weighted by Crippen LogP contribution is -2.50. The molecule has 1 aliphatic heterocycles. The highest BCUT2D eigenvalue weighted by atomic mass is 35.5. The third-order valence-corrected chi connectivity index (χ3v) is 5.55. The first-order valence-corrected chi connectivity index (χ1v) is 10.1. The number of amides is 1. The third-order valence-electron chi connectivity index (χ3n) is 5.21. The summed E-state index contributed by atoms with van der Waals surface area (Å²) in [5.41, 5.74) is 0.929. The van der Waals surface area contributed by atoms with E-state index < -0.39 is 0 Å². The van der Waals surface area contributed by atoms with Crippen LogP contribution in [0.1, 0.15) is 28.0 Å². The van der Waals surface area contributed by atoms with Crippen LogP contribution in [0.15, 0.2) is 47.1 Å². The minimum absolute atomic E-state index is 0.0983. The van der Waals surface area contributed by atoms with E-state index in [1.165, 1.54) is 6.26 Å². The molecule has 0 bridgehead atoms. The number of halogens is 1. The molecular weight excluding hydrogens is 408 g/mol. The van der Waals surface area contributed by atoms with Gasteiger partial charge in [0.05, 0.1) is 25.5 Å². The van der Waals surface area contributed by atoms with Gasteiger partial charge in [0.1, 0.15) is 0 Å². The van der Waals surface area contributed by atoms with E-state index in [-0.39, 0.29) is 11.9 Å². The molecule has 1 aliphatic rings. The van der Waals surface area contributed by atoms with Crippen molar-refractivity contribution in [1.82, 2.24) is 30.0 Å². The highest BCUT2D eigenvalue weighted by molar-refractivity contribution is 6.31. The summed E-state index contributed by atoms with van der Waals surface area (Å²) in [5, 5.41) is 13.0. The zero-order valence-electron chi connectivity index (χ0n) is 16.6. The zero-order valence-corrected chi connectivity index (χ0v) is 17.4. The van der Waals surface area contributed by atoms with Crippen LogP contribution < -0.4 is 0 Å². The molecule has 158 valence electrons. The molecule has 1 fully saturated rings. The van der Waals surface area contributed by atoms with Gasteiger partial charge in [-0.3, -0.25) is 9.69 Å². The predicted molar refractivity (Wildman–Crippen MR) is 109 cm³/mol. The second-order valence-electron chi connectivity index (χ2n) is 6.98. The Balaban J connectivity index is 1.58. The van der Waals surface area contributed by atoms with Crippen LogP contribution in [0.2, 0.25) is 5.02 Å². The number of aromatic nitrogens is 4. The summed E-state index contributed by atoms with van der Waals surface area (Å²) in [4.78, 5) is 16.7. The molecule has 1 aromatic carbocycles. The standard InChI is InChI=1S/C20H23ClN6O3/c1-29-14-12-27-19(22-23-24-27)18(15-5-2-3-6-16(15)21)25-8-10-26(11-9-25)20(28)17-7-4-13-30-17/h2-7,13,18H,8-12,14H2,1H3/t18-/m0/s1. The van der Waals surface area contributed by atoms with Gasteiger partial charge < -0.3 is 14.1 Å². The molecule has 30 heavy (non-hydrogen) atoms. The lowest BCUT2D eigenvalue weighted by atomic mass is 10.0. The Labute approximate surface area is 179 Å². The summed E-state index contributed by atoms with van der Waals surface area (Å²) in [6.07, 6.45) is 1.51. The van der Waals surface area contributed by atoms with Crippen LogP contribution in [-0.4, -0.2) is 75.8 Å². The molecule has 0 spiro atoms. The van der Waals surface area contributed by atoms with E-state index in [9.17, 15) is 4.79 Å². The first-order chi connectivity index (χ1) is 14.7. The molecular formula is C20H23ClN6O3. The average molecular weight is 431 g/mol. The highest BCUT2D eigenvalue weighted by Crippen LogP contribution is 2.32. The molecule has 4 rings (SSSR count). The Morgan fingerprint density at radius 3 is 2.70 bits per heavy atom. The van der Waals surface area contributed by atoms with Crippen molar-refractivity contribution < 1.29 is 13.9 Å².